The van der Waals surface area contributed by atoms with Crippen molar-refractivity contribution in [2.24, 2.45) is 7.05 Å². The van der Waals surface area contributed by atoms with Gasteiger partial charge in [0.25, 0.3) is 5.91 Å². The number of para-hydroxylation sites is 1. The third-order valence-corrected chi connectivity index (χ3v) is 6.24. The highest BCUT2D eigenvalue weighted by molar-refractivity contribution is 5.93. The second-order valence-corrected chi connectivity index (χ2v) is 8.30. The molecule has 8 nitrogen and oxygen atoms in total. The summed E-state index contributed by atoms with van der Waals surface area (Å²) < 4.78 is 14.0. The van der Waals surface area contributed by atoms with Crippen molar-refractivity contribution in [3.05, 3.63) is 59.9 Å². The minimum atomic E-state index is -0.489. The molecule has 0 saturated carbocycles. The predicted molar refractivity (Wildman–Crippen MR) is 125 cm³/mol. The van der Waals surface area contributed by atoms with E-state index in [-0.39, 0.29) is 5.91 Å². The molecule has 0 aliphatic carbocycles. The second-order valence-electron chi connectivity index (χ2n) is 8.30. The van der Waals surface area contributed by atoms with Gasteiger partial charge < -0.3 is 14.4 Å². The Labute approximate surface area is 190 Å². The largest absolute Gasteiger partial charge is 0.480 e. The third-order valence-electron chi connectivity index (χ3n) is 6.24. The van der Waals surface area contributed by atoms with Crippen LogP contribution in [-0.2, 0) is 11.8 Å². The van der Waals surface area contributed by atoms with Crippen molar-refractivity contribution in [2.75, 3.05) is 19.7 Å². The quantitative estimate of drug-likeness (QED) is 0.451. The molecular weight excluding hydrogens is 418 g/mol. The zero-order chi connectivity index (χ0) is 22.4. The summed E-state index contributed by atoms with van der Waals surface area (Å²) in [4.78, 5) is 14.7. The van der Waals surface area contributed by atoms with E-state index in [4.69, 9.17) is 9.47 Å². The van der Waals surface area contributed by atoms with Gasteiger partial charge in [-0.3, -0.25) is 9.89 Å². The van der Waals surface area contributed by atoms with Gasteiger partial charge in [-0.05, 0) is 35.9 Å². The van der Waals surface area contributed by atoms with Gasteiger partial charge in [0.05, 0.1) is 29.5 Å². The molecule has 4 bridgehead atoms. The van der Waals surface area contributed by atoms with Crippen molar-refractivity contribution in [1.29, 1.82) is 0 Å². The Morgan fingerprint density at radius 3 is 2.97 bits per heavy atom. The molecular formula is C25H23N5O3. The van der Waals surface area contributed by atoms with Gasteiger partial charge in [0.15, 0.2) is 6.10 Å². The highest BCUT2D eigenvalue weighted by atomic mass is 16.5. The molecule has 0 spiro atoms. The van der Waals surface area contributed by atoms with Crippen molar-refractivity contribution in [2.45, 2.75) is 12.5 Å². The normalized spacial score (nSPS) is 19.0. The van der Waals surface area contributed by atoms with Crippen LogP contribution >= 0.6 is 0 Å². The molecule has 2 aliphatic heterocycles. The Balaban J connectivity index is 1.48. The van der Waals surface area contributed by atoms with Crippen molar-refractivity contribution in [3.8, 4) is 22.8 Å². The molecule has 1 saturated heterocycles. The molecule has 1 amide bonds. The molecule has 166 valence electrons. The lowest BCUT2D eigenvalue weighted by atomic mass is 10.0. The van der Waals surface area contributed by atoms with Crippen LogP contribution in [0.5, 0.6) is 11.6 Å². The van der Waals surface area contributed by atoms with Crippen LogP contribution in [0.15, 0.2) is 48.7 Å². The number of fused-ring (bicyclic) bond motifs is 6. The molecule has 0 radical (unpaired) electrons. The zero-order valence-corrected chi connectivity index (χ0v) is 18.2. The Bertz CT molecular complexity index is 1390. The summed E-state index contributed by atoms with van der Waals surface area (Å²) in [7, 11) is 1.86. The van der Waals surface area contributed by atoms with E-state index in [9.17, 15) is 4.79 Å². The van der Waals surface area contributed by atoms with Crippen molar-refractivity contribution >= 4 is 29.0 Å². The van der Waals surface area contributed by atoms with E-state index in [2.05, 4.69) is 21.4 Å². The van der Waals surface area contributed by atoms with E-state index < -0.39 is 6.10 Å². The third kappa shape index (κ3) is 3.44. The summed E-state index contributed by atoms with van der Waals surface area (Å²) in [6, 6.07) is 13.9. The first kappa shape index (κ1) is 19.6. The highest BCUT2D eigenvalue weighted by Crippen LogP contribution is 2.33. The van der Waals surface area contributed by atoms with Crippen LogP contribution in [0.3, 0.4) is 0 Å². The van der Waals surface area contributed by atoms with Gasteiger partial charge in [0, 0.05) is 31.0 Å². The average molecular weight is 441 g/mol. The lowest BCUT2D eigenvalue weighted by molar-refractivity contribution is -0.133. The Morgan fingerprint density at radius 2 is 2.03 bits per heavy atom. The van der Waals surface area contributed by atoms with Crippen LogP contribution in [0.1, 0.15) is 17.7 Å². The van der Waals surface area contributed by atoms with Gasteiger partial charge in [0.2, 0.25) is 5.88 Å². The smallest absolute Gasteiger partial charge is 0.263 e. The average Bonchev–Trinajstić information content (AvgIpc) is 3.51. The number of H-pyrrole nitrogens is 1. The van der Waals surface area contributed by atoms with Gasteiger partial charge in [-0.2, -0.15) is 10.2 Å². The maximum atomic E-state index is 12.9. The number of amides is 1. The first-order valence-corrected chi connectivity index (χ1v) is 11.0. The van der Waals surface area contributed by atoms with Crippen LogP contribution < -0.4 is 9.47 Å². The summed E-state index contributed by atoms with van der Waals surface area (Å²) in [6.45, 7) is 1.52. The van der Waals surface area contributed by atoms with Gasteiger partial charge in [-0.15, -0.1) is 0 Å². The molecule has 2 aromatic heterocycles. The summed E-state index contributed by atoms with van der Waals surface area (Å²) in [5.41, 5.74) is 4.57. The fourth-order valence-electron chi connectivity index (χ4n) is 4.47. The summed E-state index contributed by atoms with van der Waals surface area (Å²) in [6.07, 6.45) is 5.95. The number of aromatic amines is 1. The number of carbonyl (C=O) groups excluding carboxylic acids is 1. The van der Waals surface area contributed by atoms with Crippen molar-refractivity contribution in [1.82, 2.24) is 24.9 Å². The first-order chi connectivity index (χ1) is 16.2. The minimum Gasteiger partial charge on any atom is -0.480 e. The summed E-state index contributed by atoms with van der Waals surface area (Å²) >= 11 is 0. The standard InChI is InChI=1S/C25H23N5O3/c1-29-25-19(15-26-29)17-7-9-21-18(14-17)20(27-28-21)8-6-16-4-2-3-5-22(16)33-23-10-11-30(24(23)31)12-13-32-25/h2-9,14-15,23H,10-13H2,1H3,(H,27,28)/b8-6-/t23-/m1/s1. The second kappa shape index (κ2) is 7.81. The predicted octanol–water partition coefficient (Wildman–Crippen LogP) is 3.51. The number of carbonyl (C=O) groups is 1. The maximum absolute atomic E-state index is 12.9. The Hall–Kier alpha value is -4.07. The number of ether oxygens (including phenoxy) is 2. The molecule has 6 rings (SSSR count). The number of nitrogens with zero attached hydrogens (tertiary/aromatic N) is 4. The number of hydrogen-bond donors (Lipinski definition) is 1. The number of benzene rings is 2. The topological polar surface area (TPSA) is 85.3 Å². The van der Waals surface area contributed by atoms with Crippen LogP contribution in [0.25, 0.3) is 34.2 Å². The lowest BCUT2D eigenvalue weighted by Gasteiger charge is -2.18. The molecule has 2 aromatic carbocycles. The Kier molecular flexibility index (Phi) is 4.64. The summed E-state index contributed by atoms with van der Waals surface area (Å²) in [5, 5.41) is 13.0. The monoisotopic (exact) mass is 441 g/mol. The van der Waals surface area contributed by atoms with E-state index in [1.807, 2.05) is 55.6 Å². The van der Waals surface area contributed by atoms with Gasteiger partial charge in [0.1, 0.15) is 12.4 Å². The van der Waals surface area contributed by atoms with Crippen LogP contribution in [0, 0.1) is 0 Å². The molecule has 33 heavy (non-hydrogen) atoms. The number of aryl methyl sites for hydroxylation is 1. The zero-order valence-electron chi connectivity index (χ0n) is 18.2. The fraction of sp³-hybridized carbons (Fsp3) is 0.240. The van der Waals surface area contributed by atoms with E-state index in [1.54, 1.807) is 15.8 Å². The van der Waals surface area contributed by atoms with E-state index in [0.29, 0.717) is 37.7 Å². The van der Waals surface area contributed by atoms with Gasteiger partial charge >= 0.3 is 0 Å². The number of aromatic nitrogens is 4. The van der Waals surface area contributed by atoms with Crippen molar-refractivity contribution in [3.63, 3.8) is 0 Å². The molecule has 2 aliphatic rings. The molecule has 1 atom stereocenters. The SMILES string of the molecule is Cn1ncc2c1OCCN1CC[C@@H](Oc3ccccc3/C=C\c3[nH]nc4ccc-2cc34)C1=O. The maximum Gasteiger partial charge on any atom is 0.263 e. The molecule has 8 heteroatoms. The Morgan fingerprint density at radius 1 is 1.12 bits per heavy atom. The number of hydrogen-bond acceptors (Lipinski definition) is 5. The van der Waals surface area contributed by atoms with Crippen LogP contribution in [-0.4, -0.2) is 56.6 Å². The first-order valence-electron chi connectivity index (χ1n) is 11.0. The van der Waals surface area contributed by atoms with Crippen LogP contribution in [0.2, 0.25) is 0 Å². The van der Waals surface area contributed by atoms with Gasteiger partial charge in [-0.1, -0.05) is 24.3 Å². The highest BCUT2D eigenvalue weighted by Gasteiger charge is 2.33. The van der Waals surface area contributed by atoms with E-state index >= 15 is 0 Å². The molecule has 4 aromatic rings. The van der Waals surface area contributed by atoms with E-state index in [0.717, 1.165) is 33.3 Å². The minimum absolute atomic E-state index is 0.00569. The number of rotatable bonds is 0. The molecule has 1 N–H and O–H groups in total. The number of nitrogens with one attached hydrogen (secondary N) is 1. The van der Waals surface area contributed by atoms with Gasteiger partial charge in [-0.25, -0.2) is 4.68 Å². The van der Waals surface area contributed by atoms with Crippen molar-refractivity contribution < 1.29 is 14.3 Å². The molecule has 0 unspecified atom stereocenters. The van der Waals surface area contributed by atoms with E-state index in [1.165, 1.54) is 0 Å². The van der Waals surface area contributed by atoms with Crippen LogP contribution in [0.4, 0.5) is 0 Å². The lowest BCUT2D eigenvalue weighted by Crippen LogP contribution is -2.35. The molecule has 1 fully saturated rings. The fourth-order valence-corrected chi connectivity index (χ4v) is 4.47. The summed E-state index contributed by atoms with van der Waals surface area (Å²) in [5.74, 6) is 1.36. The molecule has 4 heterocycles.